The largest absolute Gasteiger partial charge is 0.399 e. The SMILES string of the molecule is Nc1ccc2c(c1)CCC2(O)c1cccnc1. The van der Waals surface area contributed by atoms with Crippen LogP contribution in [0.4, 0.5) is 5.69 Å². The van der Waals surface area contributed by atoms with Crippen molar-refractivity contribution >= 4 is 5.69 Å². The molecule has 3 N–H and O–H groups in total. The summed E-state index contributed by atoms with van der Waals surface area (Å²) in [6, 6.07) is 9.47. The van der Waals surface area contributed by atoms with Gasteiger partial charge in [-0.1, -0.05) is 12.1 Å². The molecule has 3 heteroatoms. The van der Waals surface area contributed by atoms with Crippen LogP contribution < -0.4 is 5.73 Å². The van der Waals surface area contributed by atoms with Gasteiger partial charge < -0.3 is 10.8 Å². The van der Waals surface area contributed by atoms with Crippen molar-refractivity contribution in [3.63, 3.8) is 0 Å². The molecular weight excluding hydrogens is 212 g/mol. The van der Waals surface area contributed by atoms with Crippen LogP contribution in [-0.2, 0) is 12.0 Å². The minimum atomic E-state index is -0.905. The van der Waals surface area contributed by atoms with Crippen LogP contribution >= 0.6 is 0 Å². The van der Waals surface area contributed by atoms with Gasteiger partial charge in [-0.05, 0) is 42.2 Å². The standard InChI is InChI=1S/C14H14N2O/c15-12-3-4-13-10(8-12)5-6-14(13,17)11-2-1-7-16-9-11/h1-4,7-9,17H,5-6,15H2. The maximum atomic E-state index is 10.8. The summed E-state index contributed by atoms with van der Waals surface area (Å²) >= 11 is 0. The minimum Gasteiger partial charge on any atom is -0.399 e. The molecule has 1 aromatic carbocycles. The van der Waals surface area contributed by atoms with Gasteiger partial charge in [0.25, 0.3) is 0 Å². The predicted octanol–water partition coefficient (Wildman–Crippen LogP) is 1.85. The molecular formula is C14H14N2O. The first-order valence-corrected chi connectivity index (χ1v) is 5.72. The summed E-state index contributed by atoms with van der Waals surface area (Å²) < 4.78 is 0. The van der Waals surface area contributed by atoms with Crippen molar-refractivity contribution in [3.05, 3.63) is 59.4 Å². The second kappa shape index (κ2) is 3.57. The van der Waals surface area contributed by atoms with Crippen molar-refractivity contribution in [2.45, 2.75) is 18.4 Å². The van der Waals surface area contributed by atoms with E-state index in [9.17, 15) is 5.11 Å². The van der Waals surface area contributed by atoms with Gasteiger partial charge in [-0.3, -0.25) is 4.98 Å². The third-order valence-corrected chi connectivity index (χ3v) is 3.47. The molecule has 0 saturated carbocycles. The normalized spacial score (nSPS) is 22.4. The molecule has 86 valence electrons. The average molecular weight is 226 g/mol. The van der Waals surface area contributed by atoms with Gasteiger partial charge in [-0.2, -0.15) is 0 Å². The van der Waals surface area contributed by atoms with E-state index in [1.54, 1.807) is 12.4 Å². The van der Waals surface area contributed by atoms with Gasteiger partial charge in [0.2, 0.25) is 0 Å². The third-order valence-electron chi connectivity index (χ3n) is 3.47. The highest BCUT2D eigenvalue weighted by Gasteiger charge is 2.38. The lowest BCUT2D eigenvalue weighted by Crippen LogP contribution is -2.23. The second-order valence-corrected chi connectivity index (χ2v) is 4.52. The van der Waals surface area contributed by atoms with Gasteiger partial charge in [0, 0.05) is 23.6 Å². The Morgan fingerprint density at radius 1 is 1.29 bits per heavy atom. The van der Waals surface area contributed by atoms with Gasteiger partial charge in [0.15, 0.2) is 0 Å². The molecule has 1 aliphatic carbocycles. The summed E-state index contributed by atoms with van der Waals surface area (Å²) in [5.74, 6) is 0. The molecule has 0 radical (unpaired) electrons. The van der Waals surface area contributed by atoms with Crippen molar-refractivity contribution < 1.29 is 5.11 Å². The maximum Gasteiger partial charge on any atom is 0.117 e. The quantitative estimate of drug-likeness (QED) is 0.729. The summed E-state index contributed by atoms with van der Waals surface area (Å²) in [5.41, 5.74) is 8.55. The Labute approximate surface area is 99.9 Å². The van der Waals surface area contributed by atoms with Gasteiger partial charge in [-0.15, -0.1) is 0 Å². The number of benzene rings is 1. The molecule has 0 amide bonds. The smallest absolute Gasteiger partial charge is 0.117 e. The van der Waals surface area contributed by atoms with E-state index in [-0.39, 0.29) is 0 Å². The van der Waals surface area contributed by atoms with E-state index >= 15 is 0 Å². The number of nitrogen functional groups attached to an aromatic ring is 1. The zero-order chi connectivity index (χ0) is 11.9. The molecule has 0 spiro atoms. The van der Waals surface area contributed by atoms with Gasteiger partial charge in [0.1, 0.15) is 5.60 Å². The molecule has 1 aromatic heterocycles. The Morgan fingerprint density at radius 2 is 2.18 bits per heavy atom. The Kier molecular flexibility index (Phi) is 2.16. The molecule has 1 atom stereocenters. The zero-order valence-electron chi connectivity index (χ0n) is 9.43. The van der Waals surface area contributed by atoms with E-state index in [0.717, 1.165) is 28.8 Å². The lowest BCUT2D eigenvalue weighted by Gasteiger charge is -2.24. The highest BCUT2D eigenvalue weighted by Crippen LogP contribution is 2.42. The molecule has 3 nitrogen and oxygen atoms in total. The summed E-state index contributed by atoms with van der Waals surface area (Å²) in [5, 5.41) is 10.8. The van der Waals surface area contributed by atoms with Crippen molar-refractivity contribution in [1.82, 2.24) is 4.98 Å². The lowest BCUT2D eigenvalue weighted by atomic mass is 9.89. The fourth-order valence-electron chi connectivity index (χ4n) is 2.58. The van der Waals surface area contributed by atoms with E-state index in [4.69, 9.17) is 5.73 Å². The predicted molar refractivity (Wildman–Crippen MR) is 66.4 cm³/mol. The molecule has 0 saturated heterocycles. The monoisotopic (exact) mass is 226 g/mol. The van der Waals surface area contributed by atoms with Crippen LogP contribution in [0.15, 0.2) is 42.7 Å². The van der Waals surface area contributed by atoms with Gasteiger partial charge in [-0.25, -0.2) is 0 Å². The summed E-state index contributed by atoms with van der Waals surface area (Å²) in [4.78, 5) is 4.08. The van der Waals surface area contributed by atoms with E-state index in [1.165, 1.54) is 0 Å². The Bertz CT molecular complexity index is 553. The second-order valence-electron chi connectivity index (χ2n) is 4.52. The maximum absolute atomic E-state index is 10.8. The number of fused-ring (bicyclic) bond motifs is 1. The van der Waals surface area contributed by atoms with Crippen LogP contribution in [0.3, 0.4) is 0 Å². The third kappa shape index (κ3) is 1.51. The molecule has 1 heterocycles. The number of anilines is 1. The summed E-state index contributed by atoms with van der Waals surface area (Å²) in [6.45, 7) is 0. The zero-order valence-corrected chi connectivity index (χ0v) is 9.43. The summed E-state index contributed by atoms with van der Waals surface area (Å²) in [6.07, 6.45) is 4.99. The van der Waals surface area contributed by atoms with Crippen LogP contribution in [-0.4, -0.2) is 10.1 Å². The van der Waals surface area contributed by atoms with Gasteiger partial charge >= 0.3 is 0 Å². The van der Waals surface area contributed by atoms with E-state index < -0.39 is 5.60 Å². The average Bonchev–Trinajstić information content (AvgIpc) is 2.69. The Balaban J connectivity index is 2.14. The highest BCUT2D eigenvalue weighted by molar-refractivity contribution is 5.52. The van der Waals surface area contributed by atoms with Crippen LogP contribution in [0, 0.1) is 0 Å². The number of nitrogens with two attached hydrogens (primary N) is 1. The molecule has 0 bridgehead atoms. The Morgan fingerprint density at radius 3 is 2.94 bits per heavy atom. The number of hydrogen-bond acceptors (Lipinski definition) is 3. The number of aliphatic hydroxyl groups is 1. The molecule has 0 aliphatic heterocycles. The summed E-state index contributed by atoms with van der Waals surface area (Å²) in [7, 11) is 0. The highest BCUT2D eigenvalue weighted by atomic mass is 16.3. The van der Waals surface area contributed by atoms with Crippen molar-refractivity contribution in [3.8, 4) is 0 Å². The van der Waals surface area contributed by atoms with Crippen molar-refractivity contribution in [2.75, 3.05) is 5.73 Å². The fourth-order valence-corrected chi connectivity index (χ4v) is 2.58. The van der Waals surface area contributed by atoms with Gasteiger partial charge in [0.05, 0.1) is 0 Å². The van der Waals surface area contributed by atoms with Crippen LogP contribution in [0.25, 0.3) is 0 Å². The number of pyridine rings is 1. The van der Waals surface area contributed by atoms with E-state index in [2.05, 4.69) is 4.98 Å². The molecule has 3 rings (SSSR count). The van der Waals surface area contributed by atoms with Crippen molar-refractivity contribution in [1.29, 1.82) is 0 Å². The number of rotatable bonds is 1. The number of hydrogen-bond donors (Lipinski definition) is 2. The first kappa shape index (κ1) is 10.3. The van der Waals surface area contributed by atoms with Crippen LogP contribution in [0.1, 0.15) is 23.1 Å². The van der Waals surface area contributed by atoms with Crippen LogP contribution in [0.5, 0.6) is 0 Å². The molecule has 17 heavy (non-hydrogen) atoms. The molecule has 1 aliphatic rings. The van der Waals surface area contributed by atoms with Crippen LogP contribution in [0.2, 0.25) is 0 Å². The molecule has 0 fully saturated rings. The molecule has 2 aromatic rings. The fraction of sp³-hybridized carbons (Fsp3) is 0.214. The van der Waals surface area contributed by atoms with Crippen molar-refractivity contribution in [2.24, 2.45) is 0 Å². The minimum absolute atomic E-state index is 0.692. The first-order valence-electron chi connectivity index (χ1n) is 5.72. The Hall–Kier alpha value is -1.87. The van der Waals surface area contributed by atoms with E-state index in [1.807, 2.05) is 30.3 Å². The van der Waals surface area contributed by atoms with E-state index in [0.29, 0.717) is 6.42 Å². The first-order chi connectivity index (χ1) is 8.20. The number of nitrogens with zero attached hydrogens (tertiary/aromatic N) is 1. The molecule has 1 unspecified atom stereocenters. The number of aromatic nitrogens is 1. The lowest BCUT2D eigenvalue weighted by molar-refractivity contribution is 0.0826. The topological polar surface area (TPSA) is 59.1 Å². The number of aryl methyl sites for hydroxylation is 1.